The number of carbonyl (C=O) groups is 18. The van der Waals surface area contributed by atoms with Crippen molar-refractivity contribution in [3.63, 3.8) is 0 Å². The second kappa shape index (κ2) is 55.9. The molecule has 6 aromatic carbocycles. The number of esters is 12. The molecule has 0 N–H and O–H groups in total. The highest BCUT2D eigenvalue weighted by Gasteiger charge is 2.42. The average molecular weight is 2060 g/mol. The van der Waals surface area contributed by atoms with E-state index < -0.39 is 206 Å². The number of halogens is 12. The van der Waals surface area contributed by atoms with Crippen molar-refractivity contribution < 1.29 is 241 Å². The van der Waals surface area contributed by atoms with E-state index in [9.17, 15) is 170 Å². The summed E-state index contributed by atoms with van der Waals surface area (Å²) in [6.07, 6.45) is 6.79. The van der Waals surface area contributed by atoms with Gasteiger partial charge in [-0.2, -0.15) is 52.7 Å². The number of ether oxygens (including phenoxy) is 15. The van der Waals surface area contributed by atoms with E-state index in [1.54, 1.807) is 48.5 Å². The first-order valence-electron chi connectivity index (χ1n) is 41.9. The van der Waals surface area contributed by atoms with Gasteiger partial charge in [-0.05, 0) is 202 Å². The first kappa shape index (κ1) is 123. The van der Waals surface area contributed by atoms with Crippen molar-refractivity contribution in [2.45, 2.75) is 172 Å². The second-order valence-electron chi connectivity index (χ2n) is 31.9. The number of aliphatic carboxylic acids is 6. The number of benzene rings is 6. The van der Waals surface area contributed by atoms with Gasteiger partial charge in [-0.25, -0.2) is 57.5 Å². The lowest BCUT2D eigenvalue weighted by Crippen LogP contribution is -2.45. The molecule has 788 valence electrons. The predicted molar refractivity (Wildman–Crippen MR) is 445 cm³/mol. The van der Waals surface area contributed by atoms with Crippen molar-refractivity contribution in [3.8, 4) is 0 Å². The van der Waals surface area contributed by atoms with Gasteiger partial charge in [0, 0.05) is 26.7 Å². The van der Waals surface area contributed by atoms with Crippen LogP contribution in [0.2, 0.25) is 0 Å². The van der Waals surface area contributed by atoms with Gasteiger partial charge in [-0.1, -0.05) is 56.7 Å². The smallest absolute Gasteiger partial charge is 0.340 e. The number of rotatable bonds is 40. The molecular formula is C93H92F12O39-6. The van der Waals surface area contributed by atoms with Crippen LogP contribution in [0, 0.1) is 5.92 Å². The Bertz CT molecular complexity index is 5450. The maximum Gasteiger partial charge on any atom is 0.340 e. The molecular weight excluding hydrogens is 1970 g/mol. The first-order chi connectivity index (χ1) is 66.9. The summed E-state index contributed by atoms with van der Waals surface area (Å²) in [5, 5.41) is 61.0. The van der Waals surface area contributed by atoms with Crippen molar-refractivity contribution in [1.82, 2.24) is 0 Å². The lowest BCUT2D eigenvalue weighted by molar-refractivity contribution is -0.332. The molecule has 0 aliphatic heterocycles. The van der Waals surface area contributed by atoms with Crippen LogP contribution < -0.4 is 30.6 Å². The Morgan fingerprint density at radius 1 is 0.306 bits per heavy atom. The maximum atomic E-state index is 13.0. The average Bonchev–Trinajstić information content (AvgIpc) is 1.22. The standard InChI is InChI=1S/C18H20F2O6.C17H18F2O6.C16H18F2O7.C15H16F2O6.C14H14F2O7.C13H12F2O7/c1-17(9-5-2-6-10-17)26-15(22)13-8-4-3-7-12(13)14(21)25-11-18(19,20)16(23)24;1-16(8-4-5-9-16)25-14(21)12-7-3-2-6-11(12)13(20)24-10-17(18,19)15(22)23;1-9(2)14(23-3)25-13(20)11-6-4-10(5-7-11)12(19)24-8-16(17,18)15(21)22;1-14(2,3)23-12(19)10-7-5-4-6-9(10)11(18)22-8-15(16,17)13(20)21;1-2-21-8-23-12(18)10-5-3-9(4-6-10)11(17)22-7-14(15,16)13(19)20;1-20-7-22-11(17)9-4-2-8(3-5-9)10(16)21-6-13(14,15)12(18)19/h3-4,7-8H,2,5-6,9-11H2,1H3,(H,23,24);2-3,6-7H,4-5,8-10H2,1H3,(H,22,23);4-7,9,14H,8H2,1-3H3,(H,21,22);4-7H,8H2,1-3H3,(H,20,21);3-6H,2,7-8H2,1H3,(H,19,20);2-5H,6-7H2,1H3,(H,18,19)/p-6. The van der Waals surface area contributed by atoms with Gasteiger partial charge >= 0.3 is 107 Å². The number of hydrogen-bond acceptors (Lipinski definition) is 39. The third-order valence-corrected chi connectivity index (χ3v) is 18.7. The van der Waals surface area contributed by atoms with Gasteiger partial charge in [-0.3, -0.25) is 0 Å². The third kappa shape index (κ3) is 41.2. The Morgan fingerprint density at radius 3 is 0.743 bits per heavy atom. The largest absolute Gasteiger partial charge is 0.544 e. The van der Waals surface area contributed by atoms with Crippen molar-refractivity contribution in [2.75, 3.05) is 74.1 Å². The van der Waals surface area contributed by atoms with E-state index in [1.165, 1.54) is 123 Å². The fourth-order valence-electron chi connectivity index (χ4n) is 11.1. The number of hydrogen-bond donors (Lipinski definition) is 0. The van der Waals surface area contributed by atoms with Crippen LogP contribution in [-0.4, -0.2) is 240 Å². The summed E-state index contributed by atoms with van der Waals surface area (Å²) in [4.78, 5) is 203. The molecule has 0 heterocycles. The highest BCUT2D eigenvalue weighted by Crippen LogP contribution is 2.36. The van der Waals surface area contributed by atoms with Gasteiger partial charge in [0.15, 0.2) is 53.2 Å². The van der Waals surface area contributed by atoms with Gasteiger partial charge in [-0.15, -0.1) is 0 Å². The van der Waals surface area contributed by atoms with Crippen LogP contribution in [0.1, 0.15) is 237 Å². The van der Waals surface area contributed by atoms with E-state index in [0.29, 0.717) is 32.3 Å². The van der Waals surface area contributed by atoms with E-state index in [4.69, 9.17) is 33.2 Å². The first-order valence-corrected chi connectivity index (χ1v) is 41.9. The van der Waals surface area contributed by atoms with Crippen LogP contribution in [-0.2, 0) is 99.8 Å². The van der Waals surface area contributed by atoms with Crippen LogP contribution in [0.3, 0.4) is 0 Å². The maximum absolute atomic E-state index is 13.0. The molecule has 0 amide bonds. The van der Waals surface area contributed by atoms with E-state index in [2.05, 4.69) is 37.9 Å². The van der Waals surface area contributed by atoms with Gasteiger partial charge in [0.2, 0.25) is 6.29 Å². The van der Waals surface area contributed by atoms with Crippen molar-refractivity contribution >= 4 is 107 Å². The summed E-state index contributed by atoms with van der Waals surface area (Å²) >= 11 is 0. The Hall–Kier alpha value is -15.2. The van der Waals surface area contributed by atoms with E-state index >= 15 is 0 Å². The fraction of sp³-hybridized carbons (Fsp3) is 0.419. The molecule has 2 fully saturated rings. The molecule has 1 atom stereocenters. The Morgan fingerprint density at radius 2 is 0.521 bits per heavy atom. The van der Waals surface area contributed by atoms with E-state index in [1.807, 2.05) is 6.92 Å². The van der Waals surface area contributed by atoms with Crippen LogP contribution in [0.4, 0.5) is 52.7 Å². The molecule has 144 heavy (non-hydrogen) atoms. The van der Waals surface area contributed by atoms with Crippen molar-refractivity contribution in [1.29, 1.82) is 0 Å². The summed E-state index contributed by atoms with van der Waals surface area (Å²) in [7, 11) is 2.72. The minimum atomic E-state index is -4.32. The minimum absolute atomic E-state index is 0.0754. The molecule has 0 saturated heterocycles. The number of carbonyl (C=O) groups excluding carboxylic acids is 18. The van der Waals surface area contributed by atoms with Crippen LogP contribution in [0.15, 0.2) is 146 Å². The zero-order valence-corrected chi connectivity index (χ0v) is 77.7. The van der Waals surface area contributed by atoms with Crippen molar-refractivity contribution in [2.24, 2.45) is 5.92 Å². The van der Waals surface area contributed by atoms with Gasteiger partial charge in [0.25, 0.3) is 0 Å². The summed E-state index contributed by atoms with van der Waals surface area (Å²) in [5.74, 6) is -53.5. The number of carboxylic acids is 6. The van der Waals surface area contributed by atoms with Crippen LogP contribution >= 0.6 is 0 Å². The van der Waals surface area contributed by atoms with Gasteiger partial charge < -0.3 is 130 Å². The fourth-order valence-corrected chi connectivity index (χ4v) is 11.1. The zero-order valence-electron chi connectivity index (χ0n) is 77.7. The van der Waals surface area contributed by atoms with Crippen LogP contribution in [0.5, 0.6) is 0 Å². The quantitative estimate of drug-likeness (QED) is 0.0132. The highest BCUT2D eigenvalue weighted by atomic mass is 19.3. The lowest BCUT2D eigenvalue weighted by atomic mass is 9.86. The Labute approximate surface area is 809 Å². The zero-order chi connectivity index (χ0) is 109. The molecule has 2 saturated carbocycles. The molecule has 6 aromatic rings. The molecule has 0 radical (unpaired) electrons. The molecule has 8 rings (SSSR count). The summed E-state index contributed by atoms with van der Waals surface area (Å²) < 4.78 is 225. The van der Waals surface area contributed by atoms with Crippen LogP contribution in [0.25, 0.3) is 0 Å². The second-order valence-corrected chi connectivity index (χ2v) is 31.9. The molecule has 0 aromatic heterocycles. The molecule has 0 bridgehead atoms. The van der Waals surface area contributed by atoms with Gasteiger partial charge in [0.1, 0.15) is 52.6 Å². The Balaban J connectivity index is 0.000000445. The highest BCUT2D eigenvalue weighted by molar-refractivity contribution is 6.06. The summed E-state index contributed by atoms with van der Waals surface area (Å²) in [6, 6.07) is 30.4. The van der Waals surface area contributed by atoms with Crippen molar-refractivity contribution in [3.05, 3.63) is 212 Å². The number of methoxy groups -OCH3 is 2. The molecule has 0 spiro atoms. The molecule has 2 aliphatic rings. The Kier molecular flexibility index (Phi) is 47.7. The molecule has 1 unspecified atom stereocenters. The minimum Gasteiger partial charge on any atom is -0.544 e. The SMILES string of the molecule is CC(C)(C)OC(=O)c1ccccc1C(=O)OCC(F)(F)C(=O)[O-].CC1(OC(=O)c2ccccc2C(=O)OCC(F)(F)C(=O)[O-])CCCC1.CC1(OC(=O)c2ccccc2C(=O)OCC(F)(F)C(=O)[O-])CCCCC1.CCOCOC(=O)c1ccc(C(=O)OCC(F)(F)C(=O)[O-])cc1.COC(OC(=O)c1ccc(C(=O)OCC(F)(F)C(=O)[O-])cc1)C(C)C.COCOC(=O)c1ccc(C(=O)OCC(F)(F)C(=O)[O-])cc1. The lowest BCUT2D eigenvalue weighted by Gasteiger charge is -2.33. The predicted octanol–water partition coefficient (Wildman–Crippen LogP) is 6.39. The number of carboxylic acid groups (broad SMARTS) is 6. The van der Waals surface area contributed by atoms with E-state index in [-0.39, 0.29) is 86.3 Å². The van der Waals surface area contributed by atoms with Gasteiger partial charge in [0.05, 0.1) is 66.8 Å². The summed E-state index contributed by atoms with van der Waals surface area (Å²) in [5.41, 5.74) is -3.47. The normalized spacial score (nSPS) is 13.3. The van der Waals surface area contributed by atoms with E-state index in [0.717, 1.165) is 68.5 Å². The number of alkyl halides is 12. The summed E-state index contributed by atoms with van der Waals surface area (Å²) in [6.45, 7) is 3.65. The third-order valence-electron chi connectivity index (χ3n) is 18.7. The molecule has 51 heteroatoms. The monoisotopic (exact) mass is 2060 g/mol. The topological polar surface area (TPSA) is 584 Å². The molecule has 39 nitrogen and oxygen atoms in total. The molecule has 2 aliphatic carbocycles.